The van der Waals surface area contributed by atoms with Crippen molar-refractivity contribution in [3.05, 3.63) is 26.4 Å². The van der Waals surface area contributed by atoms with E-state index in [-0.39, 0.29) is 11.5 Å². The third-order valence-electron chi connectivity index (χ3n) is 2.53. The molecule has 1 rings (SSSR count). The van der Waals surface area contributed by atoms with Gasteiger partial charge in [0, 0.05) is 14.1 Å². The molecule has 0 aliphatic heterocycles. The molecule has 1 amide bonds. The van der Waals surface area contributed by atoms with Crippen LogP contribution in [0, 0.1) is 6.92 Å². The first-order chi connectivity index (χ1) is 7.77. The molecule has 94 valence electrons. The monoisotopic (exact) mass is 241 g/mol. The fraction of sp³-hybridized carbons (Fsp3) is 0.500. The SMILES string of the molecule is Cc1c(O)n(C(C)C(=O)N(C)C)c(=O)[nH]c1=O. The first-order valence-electron chi connectivity index (χ1n) is 5.03. The lowest BCUT2D eigenvalue weighted by Crippen LogP contribution is -2.39. The number of aromatic hydroxyl groups is 1. The van der Waals surface area contributed by atoms with Crippen molar-refractivity contribution in [2.75, 3.05) is 14.1 Å². The van der Waals surface area contributed by atoms with Gasteiger partial charge in [0.25, 0.3) is 5.56 Å². The zero-order valence-electron chi connectivity index (χ0n) is 10.1. The standard InChI is InChI=1S/C10H15N3O4/c1-5-7(14)11-10(17)13(8(5)15)6(2)9(16)12(3)4/h6,15H,1-4H3,(H,11,14,17). The van der Waals surface area contributed by atoms with E-state index in [9.17, 15) is 19.5 Å². The zero-order chi connectivity index (χ0) is 13.3. The molecular weight excluding hydrogens is 226 g/mol. The fourth-order valence-corrected chi connectivity index (χ4v) is 1.47. The molecule has 1 heterocycles. The molecule has 7 heteroatoms. The summed E-state index contributed by atoms with van der Waals surface area (Å²) in [6, 6.07) is -0.881. The number of rotatable bonds is 2. The van der Waals surface area contributed by atoms with Gasteiger partial charge in [-0.1, -0.05) is 0 Å². The third kappa shape index (κ3) is 2.22. The highest BCUT2D eigenvalue weighted by Gasteiger charge is 2.22. The minimum absolute atomic E-state index is 0.00278. The second kappa shape index (κ2) is 4.44. The molecule has 0 radical (unpaired) electrons. The molecule has 0 spiro atoms. The van der Waals surface area contributed by atoms with Crippen LogP contribution in [0.1, 0.15) is 18.5 Å². The van der Waals surface area contributed by atoms with Crippen LogP contribution in [0.25, 0.3) is 0 Å². The van der Waals surface area contributed by atoms with Crippen LogP contribution in [0.4, 0.5) is 0 Å². The number of aromatic amines is 1. The van der Waals surface area contributed by atoms with Crippen LogP contribution in [0.15, 0.2) is 9.59 Å². The summed E-state index contributed by atoms with van der Waals surface area (Å²) in [6.45, 7) is 2.85. The number of hydrogen-bond donors (Lipinski definition) is 2. The second-order valence-corrected chi connectivity index (χ2v) is 3.99. The van der Waals surface area contributed by atoms with Crippen molar-refractivity contribution < 1.29 is 9.90 Å². The molecule has 7 nitrogen and oxygen atoms in total. The number of carbonyl (C=O) groups excluding carboxylic acids is 1. The lowest BCUT2D eigenvalue weighted by molar-refractivity contribution is -0.131. The Morgan fingerprint density at radius 2 is 1.94 bits per heavy atom. The molecule has 1 aromatic heterocycles. The normalized spacial score (nSPS) is 12.2. The molecule has 1 unspecified atom stereocenters. The summed E-state index contributed by atoms with van der Waals surface area (Å²) in [5.74, 6) is -0.838. The van der Waals surface area contributed by atoms with E-state index in [4.69, 9.17) is 0 Å². The van der Waals surface area contributed by atoms with Crippen molar-refractivity contribution in [1.29, 1.82) is 0 Å². The van der Waals surface area contributed by atoms with E-state index in [1.165, 1.54) is 18.7 Å². The van der Waals surface area contributed by atoms with Crippen LogP contribution < -0.4 is 11.2 Å². The number of amides is 1. The molecule has 0 bridgehead atoms. The molecule has 2 N–H and O–H groups in total. The van der Waals surface area contributed by atoms with Gasteiger partial charge >= 0.3 is 5.69 Å². The number of H-pyrrole nitrogens is 1. The summed E-state index contributed by atoms with van der Waals surface area (Å²) in [5, 5.41) is 9.73. The van der Waals surface area contributed by atoms with Gasteiger partial charge in [-0.25, -0.2) is 4.79 Å². The van der Waals surface area contributed by atoms with Crippen molar-refractivity contribution in [2.45, 2.75) is 19.9 Å². The smallest absolute Gasteiger partial charge is 0.331 e. The van der Waals surface area contributed by atoms with Crippen LogP contribution in [0.3, 0.4) is 0 Å². The summed E-state index contributed by atoms with van der Waals surface area (Å²) < 4.78 is 0.860. The van der Waals surface area contributed by atoms with Gasteiger partial charge in [-0.15, -0.1) is 0 Å². The molecule has 1 atom stereocenters. The van der Waals surface area contributed by atoms with Crippen molar-refractivity contribution >= 4 is 5.91 Å². The highest BCUT2D eigenvalue weighted by molar-refractivity contribution is 5.79. The molecule has 1 aromatic rings. The molecule has 0 aliphatic rings. The van der Waals surface area contributed by atoms with Crippen LogP contribution in [-0.2, 0) is 4.79 Å². The van der Waals surface area contributed by atoms with Gasteiger partial charge in [-0.3, -0.25) is 19.1 Å². The van der Waals surface area contributed by atoms with Gasteiger partial charge in [0.05, 0.1) is 5.56 Å². The van der Waals surface area contributed by atoms with E-state index in [2.05, 4.69) is 0 Å². The minimum Gasteiger partial charge on any atom is -0.494 e. The molecule has 0 aromatic carbocycles. The Kier molecular flexibility index (Phi) is 3.40. The zero-order valence-corrected chi connectivity index (χ0v) is 10.1. The van der Waals surface area contributed by atoms with Crippen molar-refractivity contribution in [3.8, 4) is 5.88 Å². The molecule has 0 saturated carbocycles. The number of hydrogen-bond acceptors (Lipinski definition) is 4. The summed E-state index contributed by atoms with van der Waals surface area (Å²) >= 11 is 0. The summed E-state index contributed by atoms with van der Waals surface area (Å²) in [6.07, 6.45) is 0. The molecule has 17 heavy (non-hydrogen) atoms. The van der Waals surface area contributed by atoms with E-state index in [1.54, 1.807) is 14.1 Å². The quantitative estimate of drug-likeness (QED) is 0.708. The first-order valence-corrected chi connectivity index (χ1v) is 5.03. The maximum absolute atomic E-state index is 11.7. The molecule has 0 aliphatic carbocycles. The Labute approximate surface area is 97.3 Å². The predicted molar refractivity (Wildman–Crippen MR) is 61.1 cm³/mol. The van der Waals surface area contributed by atoms with Gasteiger partial charge in [0.1, 0.15) is 6.04 Å². The largest absolute Gasteiger partial charge is 0.494 e. The van der Waals surface area contributed by atoms with Crippen LogP contribution in [0.5, 0.6) is 5.88 Å². The Hall–Kier alpha value is -2.05. The van der Waals surface area contributed by atoms with Gasteiger partial charge in [0.15, 0.2) is 0 Å². The van der Waals surface area contributed by atoms with E-state index < -0.39 is 23.2 Å². The summed E-state index contributed by atoms with van der Waals surface area (Å²) in [5.41, 5.74) is -1.46. The van der Waals surface area contributed by atoms with E-state index in [1.807, 2.05) is 4.98 Å². The number of nitrogens with zero attached hydrogens (tertiary/aromatic N) is 2. The summed E-state index contributed by atoms with van der Waals surface area (Å²) in [4.78, 5) is 37.8. The third-order valence-corrected chi connectivity index (χ3v) is 2.53. The summed E-state index contributed by atoms with van der Waals surface area (Å²) in [7, 11) is 3.08. The second-order valence-electron chi connectivity index (χ2n) is 3.99. The van der Waals surface area contributed by atoms with Crippen molar-refractivity contribution in [2.24, 2.45) is 0 Å². The average molecular weight is 241 g/mol. The topological polar surface area (TPSA) is 95.4 Å². The fourth-order valence-electron chi connectivity index (χ4n) is 1.47. The number of likely N-dealkylation sites (N-methyl/N-ethyl adjacent to an activating group) is 1. The van der Waals surface area contributed by atoms with Crippen LogP contribution in [0.2, 0.25) is 0 Å². The molecular formula is C10H15N3O4. The highest BCUT2D eigenvalue weighted by Crippen LogP contribution is 2.15. The lowest BCUT2D eigenvalue weighted by atomic mass is 10.2. The molecule has 0 saturated heterocycles. The molecule has 0 fully saturated rings. The van der Waals surface area contributed by atoms with E-state index in [0.29, 0.717) is 0 Å². The number of nitrogens with one attached hydrogen (secondary N) is 1. The Morgan fingerprint density at radius 3 is 2.41 bits per heavy atom. The van der Waals surface area contributed by atoms with Crippen LogP contribution >= 0.6 is 0 Å². The Balaban J connectivity index is 3.43. The highest BCUT2D eigenvalue weighted by atomic mass is 16.3. The van der Waals surface area contributed by atoms with E-state index >= 15 is 0 Å². The average Bonchev–Trinajstić information content (AvgIpc) is 2.24. The van der Waals surface area contributed by atoms with Crippen LogP contribution in [-0.4, -0.2) is 39.6 Å². The lowest BCUT2D eigenvalue weighted by Gasteiger charge is -2.20. The first kappa shape index (κ1) is 13.0. The van der Waals surface area contributed by atoms with E-state index in [0.717, 1.165) is 4.57 Å². The predicted octanol–water partition coefficient (Wildman–Crippen LogP) is -0.800. The van der Waals surface area contributed by atoms with Gasteiger partial charge in [0.2, 0.25) is 11.8 Å². The number of carbonyl (C=O) groups is 1. The van der Waals surface area contributed by atoms with Crippen molar-refractivity contribution in [1.82, 2.24) is 14.5 Å². The number of aromatic nitrogens is 2. The van der Waals surface area contributed by atoms with Gasteiger partial charge in [-0.2, -0.15) is 0 Å². The minimum atomic E-state index is -0.881. The maximum Gasteiger partial charge on any atom is 0.331 e. The van der Waals surface area contributed by atoms with Gasteiger partial charge < -0.3 is 10.0 Å². The Morgan fingerprint density at radius 1 is 1.41 bits per heavy atom. The Bertz CT molecular complexity index is 556. The van der Waals surface area contributed by atoms with Crippen molar-refractivity contribution in [3.63, 3.8) is 0 Å². The van der Waals surface area contributed by atoms with Gasteiger partial charge in [-0.05, 0) is 13.8 Å². The maximum atomic E-state index is 11.7.